The van der Waals surface area contributed by atoms with E-state index in [1.165, 1.54) is 43.7 Å². The van der Waals surface area contributed by atoms with Crippen molar-refractivity contribution in [2.24, 2.45) is 11.8 Å². The summed E-state index contributed by atoms with van der Waals surface area (Å²) in [7, 11) is 3.45. The van der Waals surface area contributed by atoms with Gasteiger partial charge in [-0.2, -0.15) is 0 Å². The van der Waals surface area contributed by atoms with Gasteiger partial charge in [0.2, 0.25) is 0 Å². The second-order valence-electron chi connectivity index (χ2n) is 7.58. The Morgan fingerprint density at radius 1 is 1.08 bits per heavy atom. The fraction of sp³-hybridized carbons (Fsp3) is 0.650. The fourth-order valence-corrected chi connectivity index (χ4v) is 4.42. The van der Waals surface area contributed by atoms with E-state index in [9.17, 15) is 4.79 Å². The number of benzene rings is 1. The Morgan fingerprint density at radius 3 is 2.27 bits per heavy atom. The molecule has 1 aliphatic heterocycles. The highest BCUT2D eigenvalue weighted by molar-refractivity contribution is 6.34. The van der Waals surface area contributed by atoms with Crippen LogP contribution in [0.5, 0.6) is 5.75 Å². The van der Waals surface area contributed by atoms with Gasteiger partial charge >= 0.3 is 0 Å². The topological polar surface area (TPSA) is 41.6 Å². The zero-order chi connectivity index (χ0) is 17.8. The van der Waals surface area contributed by atoms with Gasteiger partial charge in [-0.25, -0.2) is 0 Å². The number of nitrogens with zero attached hydrogens (tertiary/aromatic N) is 1. The first kappa shape index (κ1) is 21.3. The first-order valence-corrected chi connectivity index (χ1v) is 9.81. The van der Waals surface area contributed by atoms with Gasteiger partial charge in [0.1, 0.15) is 5.75 Å². The smallest absolute Gasteiger partial charge is 0.254 e. The van der Waals surface area contributed by atoms with Crippen molar-refractivity contribution < 1.29 is 9.53 Å². The van der Waals surface area contributed by atoms with E-state index in [-0.39, 0.29) is 24.4 Å². The van der Waals surface area contributed by atoms with Crippen LogP contribution in [0, 0.1) is 11.8 Å². The summed E-state index contributed by atoms with van der Waals surface area (Å²) >= 11 is 6.28. The van der Waals surface area contributed by atoms with E-state index in [4.69, 9.17) is 16.3 Å². The lowest BCUT2D eigenvalue weighted by atomic mass is 9.75. The predicted molar refractivity (Wildman–Crippen MR) is 109 cm³/mol. The number of hydrogen-bond acceptors (Lipinski definition) is 3. The molecule has 1 N–H and O–H groups in total. The van der Waals surface area contributed by atoms with Crippen molar-refractivity contribution in [1.29, 1.82) is 0 Å². The summed E-state index contributed by atoms with van der Waals surface area (Å²) in [6.07, 6.45) is 7.68. The van der Waals surface area contributed by atoms with Crippen molar-refractivity contribution in [2.75, 3.05) is 27.2 Å². The molecule has 3 rings (SSSR count). The van der Waals surface area contributed by atoms with E-state index in [1.54, 1.807) is 26.2 Å². The van der Waals surface area contributed by atoms with Crippen LogP contribution in [0.4, 0.5) is 0 Å². The van der Waals surface area contributed by atoms with Crippen LogP contribution < -0.4 is 10.1 Å². The number of nitrogens with one attached hydrogen (secondary N) is 1. The Bertz CT molecular complexity index is 595. The van der Waals surface area contributed by atoms with Crippen LogP contribution in [-0.4, -0.2) is 44.1 Å². The molecule has 1 amide bonds. The van der Waals surface area contributed by atoms with E-state index in [0.717, 1.165) is 30.4 Å². The van der Waals surface area contributed by atoms with Crippen LogP contribution in [-0.2, 0) is 0 Å². The molecule has 1 aromatic rings. The number of piperidine rings is 1. The van der Waals surface area contributed by atoms with Gasteiger partial charge in [-0.15, -0.1) is 12.4 Å². The molecule has 0 aromatic heterocycles. The Hall–Kier alpha value is -0.970. The molecule has 0 atom stereocenters. The summed E-state index contributed by atoms with van der Waals surface area (Å²) in [6, 6.07) is 5.40. The van der Waals surface area contributed by atoms with Crippen molar-refractivity contribution in [2.45, 2.75) is 44.6 Å². The number of halogens is 2. The molecule has 2 aliphatic rings. The predicted octanol–water partition coefficient (Wildman–Crippen LogP) is 4.40. The molecule has 0 radical (unpaired) electrons. The molecule has 6 heteroatoms. The monoisotopic (exact) mass is 400 g/mol. The lowest BCUT2D eigenvalue weighted by molar-refractivity contribution is 0.0827. The number of rotatable bonds is 4. The van der Waals surface area contributed by atoms with Gasteiger partial charge < -0.3 is 15.0 Å². The maximum absolute atomic E-state index is 12.0. The summed E-state index contributed by atoms with van der Waals surface area (Å²) in [4.78, 5) is 13.6. The molecule has 1 heterocycles. The first-order valence-electron chi connectivity index (χ1n) is 9.43. The fourth-order valence-electron chi connectivity index (χ4n) is 4.17. The van der Waals surface area contributed by atoms with E-state index >= 15 is 0 Å². The minimum atomic E-state index is -0.0842. The molecule has 0 spiro atoms. The molecule has 1 saturated carbocycles. The van der Waals surface area contributed by atoms with Crippen molar-refractivity contribution in [3.05, 3.63) is 28.8 Å². The number of carbonyl (C=O) groups excluding carboxylic acids is 1. The van der Waals surface area contributed by atoms with Crippen molar-refractivity contribution in [3.63, 3.8) is 0 Å². The molecule has 4 nitrogen and oxygen atoms in total. The molecule has 1 aromatic carbocycles. The van der Waals surface area contributed by atoms with E-state index in [1.807, 2.05) is 6.07 Å². The van der Waals surface area contributed by atoms with Gasteiger partial charge in [0.05, 0.1) is 16.7 Å². The third-order valence-electron chi connectivity index (χ3n) is 5.65. The average molecular weight is 401 g/mol. The SMILES string of the molecule is CN(C)C(=O)c1ccc(OC2CCC(C3CCNCC3)CC2)cc1Cl.Cl. The highest BCUT2D eigenvalue weighted by atomic mass is 35.5. The second-order valence-corrected chi connectivity index (χ2v) is 7.99. The van der Waals surface area contributed by atoms with Gasteiger partial charge in [0, 0.05) is 14.1 Å². The summed E-state index contributed by atoms with van der Waals surface area (Å²) < 4.78 is 6.15. The second kappa shape index (κ2) is 9.82. The number of carbonyl (C=O) groups is 1. The summed E-state index contributed by atoms with van der Waals surface area (Å²) in [5, 5.41) is 3.91. The van der Waals surface area contributed by atoms with E-state index < -0.39 is 0 Å². The zero-order valence-electron chi connectivity index (χ0n) is 15.7. The van der Waals surface area contributed by atoms with Crippen molar-refractivity contribution in [3.8, 4) is 5.75 Å². The van der Waals surface area contributed by atoms with Gasteiger partial charge in [-0.05, 0) is 81.6 Å². The van der Waals surface area contributed by atoms with Crippen LogP contribution in [0.15, 0.2) is 18.2 Å². The molecular weight excluding hydrogens is 371 g/mol. The van der Waals surface area contributed by atoms with E-state index in [0.29, 0.717) is 10.6 Å². The van der Waals surface area contributed by atoms with E-state index in [2.05, 4.69) is 5.32 Å². The lowest BCUT2D eigenvalue weighted by Crippen LogP contribution is -2.34. The molecule has 0 unspecified atom stereocenters. The maximum Gasteiger partial charge on any atom is 0.254 e. The maximum atomic E-state index is 12.0. The first-order chi connectivity index (χ1) is 12.0. The van der Waals surface area contributed by atoms with Gasteiger partial charge in [0.15, 0.2) is 0 Å². The minimum Gasteiger partial charge on any atom is -0.490 e. The molecule has 1 saturated heterocycles. The molecular formula is C20H30Cl2N2O2. The number of hydrogen-bond donors (Lipinski definition) is 1. The Balaban J connectivity index is 0.00000243. The highest BCUT2D eigenvalue weighted by Gasteiger charge is 2.29. The zero-order valence-corrected chi connectivity index (χ0v) is 17.2. The van der Waals surface area contributed by atoms with Crippen LogP contribution in [0.25, 0.3) is 0 Å². The Kier molecular flexibility index (Phi) is 8.05. The average Bonchev–Trinajstić information content (AvgIpc) is 2.62. The lowest BCUT2D eigenvalue weighted by Gasteiger charge is -2.36. The minimum absolute atomic E-state index is 0. The number of amides is 1. The Morgan fingerprint density at radius 2 is 1.69 bits per heavy atom. The normalized spacial score (nSPS) is 23.8. The van der Waals surface area contributed by atoms with Gasteiger partial charge in [-0.3, -0.25) is 4.79 Å². The summed E-state index contributed by atoms with van der Waals surface area (Å²) in [5.74, 6) is 2.45. The standard InChI is InChI=1S/C20H29ClN2O2.ClH/c1-23(2)20(24)18-8-7-17(13-19(18)21)25-16-5-3-14(4-6-16)15-9-11-22-12-10-15;/h7-8,13-16,22H,3-6,9-12H2,1-2H3;1H. The molecule has 1 aliphatic carbocycles. The summed E-state index contributed by atoms with van der Waals surface area (Å²) in [5.41, 5.74) is 0.522. The van der Waals surface area contributed by atoms with Gasteiger partial charge in [0.25, 0.3) is 5.91 Å². The third-order valence-corrected chi connectivity index (χ3v) is 5.96. The van der Waals surface area contributed by atoms with Crippen molar-refractivity contribution in [1.82, 2.24) is 10.2 Å². The van der Waals surface area contributed by atoms with Crippen molar-refractivity contribution >= 4 is 29.9 Å². The van der Waals surface area contributed by atoms with Crippen LogP contribution in [0.1, 0.15) is 48.9 Å². The molecule has 0 bridgehead atoms. The Labute approximate surface area is 168 Å². The largest absolute Gasteiger partial charge is 0.490 e. The molecule has 146 valence electrons. The van der Waals surface area contributed by atoms with Crippen LogP contribution in [0.2, 0.25) is 5.02 Å². The third kappa shape index (κ3) is 5.28. The molecule has 26 heavy (non-hydrogen) atoms. The quantitative estimate of drug-likeness (QED) is 0.813. The summed E-state index contributed by atoms with van der Waals surface area (Å²) in [6.45, 7) is 2.36. The molecule has 2 fully saturated rings. The van der Waals surface area contributed by atoms with Crippen LogP contribution in [0.3, 0.4) is 0 Å². The van der Waals surface area contributed by atoms with Gasteiger partial charge in [-0.1, -0.05) is 11.6 Å². The number of ether oxygens (including phenoxy) is 1. The highest BCUT2D eigenvalue weighted by Crippen LogP contribution is 2.36. The van der Waals surface area contributed by atoms with Crippen LogP contribution >= 0.6 is 24.0 Å².